The minimum atomic E-state index is 0.373. The predicted octanol–water partition coefficient (Wildman–Crippen LogP) is 4.12. The fourth-order valence-corrected chi connectivity index (χ4v) is 4.68. The Morgan fingerprint density at radius 1 is 1.21 bits per heavy atom. The molecule has 1 spiro atoms. The van der Waals surface area contributed by atoms with Crippen LogP contribution in [0.15, 0.2) is 11.4 Å². The first-order chi connectivity index (χ1) is 9.26. The first-order valence-electron chi connectivity index (χ1n) is 6.92. The van der Waals surface area contributed by atoms with Crippen molar-refractivity contribution < 1.29 is 0 Å². The van der Waals surface area contributed by atoms with Gasteiger partial charge in [0.05, 0.1) is 5.39 Å². The van der Waals surface area contributed by atoms with E-state index in [4.69, 9.17) is 11.6 Å². The lowest BCUT2D eigenvalue weighted by atomic mass is 9.86. The van der Waals surface area contributed by atoms with Crippen LogP contribution in [0.5, 0.6) is 0 Å². The minimum Gasteiger partial charge on any atom is -0.355 e. The lowest BCUT2D eigenvalue weighted by molar-refractivity contribution is 0.340. The number of hydrogen-bond donors (Lipinski definition) is 0. The highest BCUT2D eigenvalue weighted by Crippen LogP contribution is 2.47. The summed E-state index contributed by atoms with van der Waals surface area (Å²) in [5.41, 5.74) is 0.555. The number of nitrogens with zero attached hydrogens (tertiary/aromatic N) is 3. The van der Waals surface area contributed by atoms with Crippen LogP contribution >= 0.6 is 22.9 Å². The maximum atomic E-state index is 6.07. The van der Waals surface area contributed by atoms with Crippen LogP contribution in [0, 0.1) is 5.41 Å². The van der Waals surface area contributed by atoms with E-state index in [1.54, 1.807) is 11.3 Å². The predicted molar refractivity (Wildman–Crippen MR) is 80.2 cm³/mol. The van der Waals surface area contributed by atoms with E-state index >= 15 is 0 Å². The van der Waals surface area contributed by atoms with E-state index in [2.05, 4.69) is 26.3 Å². The molecule has 0 N–H and O–H groups in total. The molecule has 0 aromatic carbocycles. The highest BCUT2D eigenvalue weighted by molar-refractivity contribution is 7.16. The van der Waals surface area contributed by atoms with Gasteiger partial charge in [0.15, 0.2) is 0 Å². The summed E-state index contributed by atoms with van der Waals surface area (Å²) in [5.74, 6) is 1.04. The van der Waals surface area contributed by atoms with Crippen LogP contribution in [0.4, 0.5) is 5.82 Å². The van der Waals surface area contributed by atoms with Crippen molar-refractivity contribution >= 4 is 39.0 Å². The fraction of sp³-hybridized carbons (Fsp3) is 0.571. The summed E-state index contributed by atoms with van der Waals surface area (Å²) in [5, 5.41) is 3.60. The van der Waals surface area contributed by atoms with E-state index in [0.717, 1.165) is 29.1 Å². The van der Waals surface area contributed by atoms with E-state index in [1.165, 1.54) is 32.1 Å². The maximum Gasteiger partial charge on any atom is 0.225 e. The molecule has 19 heavy (non-hydrogen) atoms. The van der Waals surface area contributed by atoms with Crippen molar-refractivity contribution in [2.75, 3.05) is 18.0 Å². The van der Waals surface area contributed by atoms with Gasteiger partial charge in [-0.2, -0.15) is 4.98 Å². The molecular formula is C14H16ClN3S. The molecule has 1 saturated heterocycles. The van der Waals surface area contributed by atoms with Crippen LogP contribution in [0.25, 0.3) is 10.2 Å². The van der Waals surface area contributed by atoms with Crippen molar-refractivity contribution in [1.29, 1.82) is 0 Å². The molecule has 4 rings (SSSR count). The number of hydrogen-bond acceptors (Lipinski definition) is 4. The Morgan fingerprint density at radius 2 is 2.05 bits per heavy atom. The first kappa shape index (κ1) is 11.9. The Hall–Kier alpha value is -0.870. The van der Waals surface area contributed by atoms with E-state index in [1.807, 2.05) is 0 Å². The topological polar surface area (TPSA) is 29.0 Å². The van der Waals surface area contributed by atoms with Gasteiger partial charge in [-0.1, -0.05) is 12.8 Å². The normalized spacial score (nSPS) is 21.8. The molecule has 0 amide bonds. The highest BCUT2D eigenvalue weighted by atomic mass is 35.5. The summed E-state index contributed by atoms with van der Waals surface area (Å²) >= 11 is 7.70. The SMILES string of the molecule is Clc1nc(N2CCC3(CCCC3)C2)c2ccsc2n1. The molecule has 2 aromatic heterocycles. The number of thiophene rings is 1. The largest absolute Gasteiger partial charge is 0.355 e. The molecule has 2 aromatic rings. The van der Waals surface area contributed by atoms with Crippen molar-refractivity contribution in [1.82, 2.24) is 9.97 Å². The molecule has 2 fully saturated rings. The van der Waals surface area contributed by atoms with Gasteiger partial charge in [-0.15, -0.1) is 11.3 Å². The summed E-state index contributed by atoms with van der Waals surface area (Å²) < 4.78 is 0. The molecule has 100 valence electrons. The lowest BCUT2D eigenvalue weighted by Gasteiger charge is -2.24. The number of fused-ring (bicyclic) bond motifs is 1. The Morgan fingerprint density at radius 3 is 2.89 bits per heavy atom. The average molecular weight is 294 g/mol. The molecule has 0 radical (unpaired) electrons. The number of halogens is 1. The van der Waals surface area contributed by atoms with Crippen molar-refractivity contribution in [2.24, 2.45) is 5.41 Å². The standard InChI is InChI=1S/C14H16ClN3S/c15-13-16-11(10-3-8-19-12(10)17-13)18-7-6-14(9-18)4-1-2-5-14/h3,8H,1-2,4-7,9H2. The van der Waals surface area contributed by atoms with Crippen molar-refractivity contribution in [3.8, 4) is 0 Å². The maximum absolute atomic E-state index is 6.07. The highest BCUT2D eigenvalue weighted by Gasteiger charge is 2.41. The van der Waals surface area contributed by atoms with Crippen molar-refractivity contribution in [3.63, 3.8) is 0 Å². The molecule has 3 nitrogen and oxygen atoms in total. The molecule has 1 aliphatic carbocycles. The molecule has 1 saturated carbocycles. The van der Waals surface area contributed by atoms with Gasteiger partial charge >= 0.3 is 0 Å². The summed E-state index contributed by atoms with van der Waals surface area (Å²) in [7, 11) is 0. The second-order valence-corrected chi connectivity index (χ2v) is 7.07. The van der Waals surface area contributed by atoms with E-state index < -0.39 is 0 Å². The van der Waals surface area contributed by atoms with Crippen LogP contribution < -0.4 is 4.90 Å². The molecule has 1 aliphatic heterocycles. The van der Waals surface area contributed by atoms with E-state index in [9.17, 15) is 0 Å². The molecule has 0 unspecified atom stereocenters. The fourth-order valence-electron chi connectivity index (χ4n) is 3.70. The monoisotopic (exact) mass is 293 g/mol. The minimum absolute atomic E-state index is 0.373. The third kappa shape index (κ3) is 1.93. The van der Waals surface area contributed by atoms with Gasteiger partial charge in [0, 0.05) is 13.1 Å². The van der Waals surface area contributed by atoms with E-state index in [-0.39, 0.29) is 0 Å². The van der Waals surface area contributed by atoms with Crippen LogP contribution in [0.3, 0.4) is 0 Å². The lowest BCUT2D eigenvalue weighted by Crippen LogP contribution is -2.25. The van der Waals surface area contributed by atoms with Gasteiger partial charge in [0.1, 0.15) is 10.6 Å². The van der Waals surface area contributed by atoms with Gasteiger partial charge < -0.3 is 4.90 Å². The van der Waals surface area contributed by atoms with Gasteiger partial charge in [-0.25, -0.2) is 4.98 Å². The second kappa shape index (κ2) is 4.32. The molecular weight excluding hydrogens is 278 g/mol. The quantitative estimate of drug-likeness (QED) is 0.741. The first-order valence-corrected chi connectivity index (χ1v) is 8.17. The van der Waals surface area contributed by atoms with E-state index in [0.29, 0.717) is 10.7 Å². The Bertz CT molecular complexity index is 618. The summed E-state index contributed by atoms with van der Waals surface area (Å²) in [6, 6.07) is 2.12. The molecule has 3 heterocycles. The Labute approximate surface area is 121 Å². The summed E-state index contributed by atoms with van der Waals surface area (Å²) in [6.07, 6.45) is 6.86. The van der Waals surface area contributed by atoms with Gasteiger partial charge in [-0.3, -0.25) is 0 Å². The molecule has 0 atom stereocenters. The van der Waals surface area contributed by atoms with Crippen LogP contribution in [-0.2, 0) is 0 Å². The van der Waals surface area contributed by atoms with Crippen molar-refractivity contribution in [3.05, 3.63) is 16.7 Å². The van der Waals surface area contributed by atoms with Crippen molar-refractivity contribution in [2.45, 2.75) is 32.1 Å². The number of rotatable bonds is 1. The second-order valence-electron chi connectivity index (χ2n) is 5.83. The zero-order valence-corrected chi connectivity index (χ0v) is 12.3. The average Bonchev–Trinajstić information content (AvgIpc) is 3.11. The third-order valence-corrected chi connectivity index (χ3v) is 5.66. The Kier molecular flexibility index (Phi) is 2.71. The Balaban J connectivity index is 1.73. The third-order valence-electron chi connectivity index (χ3n) is 4.68. The van der Waals surface area contributed by atoms with Crippen LogP contribution in [0.2, 0.25) is 5.28 Å². The summed E-state index contributed by atoms with van der Waals surface area (Å²) in [6.45, 7) is 2.25. The van der Waals surface area contributed by atoms with Gasteiger partial charge in [-0.05, 0) is 47.7 Å². The molecule has 2 aliphatic rings. The zero-order chi connectivity index (χ0) is 12.9. The molecule has 0 bridgehead atoms. The smallest absolute Gasteiger partial charge is 0.225 e. The van der Waals surface area contributed by atoms with Gasteiger partial charge in [0.25, 0.3) is 0 Å². The number of anilines is 1. The van der Waals surface area contributed by atoms with Crippen LogP contribution in [-0.4, -0.2) is 23.1 Å². The van der Waals surface area contributed by atoms with Gasteiger partial charge in [0.2, 0.25) is 5.28 Å². The van der Waals surface area contributed by atoms with Crippen LogP contribution in [0.1, 0.15) is 32.1 Å². The summed E-state index contributed by atoms with van der Waals surface area (Å²) in [4.78, 5) is 12.2. The zero-order valence-electron chi connectivity index (χ0n) is 10.7. The molecule has 5 heteroatoms. The number of aromatic nitrogens is 2.